The van der Waals surface area contributed by atoms with Crippen molar-refractivity contribution < 1.29 is 9.31 Å². The van der Waals surface area contributed by atoms with Gasteiger partial charge in [-0.25, -0.2) is 14.4 Å². The van der Waals surface area contributed by atoms with Crippen molar-refractivity contribution in [3.63, 3.8) is 0 Å². The standard InChI is InChI=1S/C10H6ClFN4O2/c11-6-3-5(1-2-7(6)12)8-9(16(17)18)10(13)15-4-14-8/h1-4H,(H2,13,14,15). The molecule has 1 heterocycles. The molecule has 0 saturated heterocycles. The number of nitrogens with two attached hydrogens (primary N) is 1. The van der Waals surface area contributed by atoms with Crippen molar-refractivity contribution >= 4 is 23.1 Å². The maximum Gasteiger partial charge on any atom is 0.337 e. The van der Waals surface area contributed by atoms with Crippen LogP contribution in [0.4, 0.5) is 15.9 Å². The number of rotatable bonds is 2. The van der Waals surface area contributed by atoms with Gasteiger partial charge in [-0.1, -0.05) is 11.6 Å². The van der Waals surface area contributed by atoms with Crippen LogP contribution in [0.5, 0.6) is 0 Å². The highest BCUT2D eigenvalue weighted by atomic mass is 35.5. The largest absolute Gasteiger partial charge is 0.378 e. The van der Waals surface area contributed by atoms with Gasteiger partial charge in [0.05, 0.1) is 9.95 Å². The van der Waals surface area contributed by atoms with E-state index in [2.05, 4.69) is 9.97 Å². The average molecular weight is 269 g/mol. The summed E-state index contributed by atoms with van der Waals surface area (Å²) in [5.41, 5.74) is 5.29. The molecule has 0 aliphatic rings. The van der Waals surface area contributed by atoms with Gasteiger partial charge < -0.3 is 5.73 Å². The molecule has 0 saturated carbocycles. The number of hydrogen-bond donors (Lipinski definition) is 1. The highest BCUT2D eigenvalue weighted by Gasteiger charge is 2.22. The second kappa shape index (κ2) is 4.53. The lowest BCUT2D eigenvalue weighted by Gasteiger charge is -2.04. The summed E-state index contributed by atoms with van der Waals surface area (Å²) in [6.07, 6.45) is 1.09. The van der Waals surface area contributed by atoms with Crippen molar-refractivity contribution in [2.24, 2.45) is 0 Å². The second-order valence-electron chi connectivity index (χ2n) is 3.34. The Hall–Kier alpha value is -2.28. The highest BCUT2D eigenvalue weighted by molar-refractivity contribution is 6.31. The molecule has 2 aromatic rings. The SMILES string of the molecule is Nc1ncnc(-c2ccc(F)c(Cl)c2)c1[N+](=O)[O-]. The van der Waals surface area contributed by atoms with Crippen LogP contribution in [0.1, 0.15) is 0 Å². The molecule has 0 aliphatic heterocycles. The van der Waals surface area contributed by atoms with E-state index in [4.69, 9.17) is 17.3 Å². The average Bonchev–Trinajstić information content (AvgIpc) is 2.32. The number of benzene rings is 1. The Morgan fingerprint density at radius 3 is 2.72 bits per heavy atom. The molecule has 2 N–H and O–H groups in total. The summed E-state index contributed by atoms with van der Waals surface area (Å²) < 4.78 is 13.0. The van der Waals surface area contributed by atoms with Gasteiger partial charge >= 0.3 is 5.69 Å². The molecule has 0 fully saturated rings. The van der Waals surface area contributed by atoms with Crippen molar-refractivity contribution in [2.45, 2.75) is 0 Å². The van der Waals surface area contributed by atoms with Gasteiger partial charge in [0.1, 0.15) is 12.1 Å². The number of nitrogen functional groups attached to an aromatic ring is 1. The smallest absolute Gasteiger partial charge is 0.337 e. The molecule has 6 nitrogen and oxygen atoms in total. The number of nitrogens with zero attached hydrogens (tertiary/aromatic N) is 3. The molecule has 1 aromatic heterocycles. The van der Waals surface area contributed by atoms with Crippen LogP contribution < -0.4 is 5.73 Å². The summed E-state index contributed by atoms with van der Waals surface area (Å²) in [6, 6.07) is 3.67. The van der Waals surface area contributed by atoms with E-state index >= 15 is 0 Å². The van der Waals surface area contributed by atoms with Crippen LogP contribution in [0.3, 0.4) is 0 Å². The number of halogens is 2. The minimum Gasteiger partial charge on any atom is -0.378 e. The van der Waals surface area contributed by atoms with E-state index in [-0.39, 0.29) is 16.5 Å². The molecule has 0 spiro atoms. The summed E-state index contributed by atoms with van der Waals surface area (Å²) >= 11 is 5.62. The summed E-state index contributed by atoms with van der Waals surface area (Å²) in [4.78, 5) is 17.5. The molecular formula is C10H6ClFN4O2. The van der Waals surface area contributed by atoms with Crippen LogP contribution >= 0.6 is 11.6 Å². The van der Waals surface area contributed by atoms with Gasteiger partial charge in [-0.2, -0.15) is 0 Å². The second-order valence-corrected chi connectivity index (χ2v) is 3.75. The van der Waals surface area contributed by atoms with Gasteiger partial charge in [-0.3, -0.25) is 10.1 Å². The molecule has 0 radical (unpaired) electrons. The fourth-order valence-electron chi connectivity index (χ4n) is 1.43. The minimum atomic E-state index is -0.693. The zero-order valence-corrected chi connectivity index (χ0v) is 9.56. The minimum absolute atomic E-state index is 0.00519. The predicted octanol–water partition coefficient (Wildman–Crippen LogP) is 2.43. The van der Waals surface area contributed by atoms with Crippen molar-refractivity contribution in [3.05, 3.63) is 45.5 Å². The van der Waals surface area contributed by atoms with E-state index in [1.807, 2.05) is 0 Å². The number of nitro groups is 1. The summed E-state index contributed by atoms with van der Waals surface area (Å²) in [5.74, 6) is -0.879. The Labute approximate surface area is 105 Å². The number of anilines is 1. The Balaban J connectivity index is 2.67. The molecule has 92 valence electrons. The zero-order chi connectivity index (χ0) is 13.3. The molecule has 0 bridgehead atoms. The molecule has 0 atom stereocenters. The lowest BCUT2D eigenvalue weighted by Crippen LogP contribution is -2.02. The van der Waals surface area contributed by atoms with Gasteiger partial charge in [-0.15, -0.1) is 0 Å². The van der Waals surface area contributed by atoms with E-state index < -0.39 is 16.4 Å². The van der Waals surface area contributed by atoms with Crippen LogP contribution in [-0.2, 0) is 0 Å². The monoisotopic (exact) mass is 268 g/mol. The third-order valence-electron chi connectivity index (χ3n) is 2.23. The molecule has 2 rings (SSSR count). The molecular weight excluding hydrogens is 263 g/mol. The number of aromatic nitrogens is 2. The lowest BCUT2D eigenvalue weighted by atomic mass is 10.1. The Morgan fingerprint density at radius 2 is 2.11 bits per heavy atom. The first-order valence-corrected chi connectivity index (χ1v) is 5.09. The molecule has 1 aromatic carbocycles. The maximum atomic E-state index is 13.0. The molecule has 0 unspecified atom stereocenters. The Morgan fingerprint density at radius 1 is 1.39 bits per heavy atom. The molecule has 18 heavy (non-hydrogen) atoms. The van der Waals surface area contributed by atoms with Crippen molar-refractivity contribution in [3.8, 4) is 11.3 Å². The number of hydrogen-bond acceptors (Lipinski definition) is 5. The van der Waals surface area contributed by atoms with Crippen LogP contribution in [0.2, 0.25) is 5.02 Å². The van der Waals surface area contributed by atoms with Crippen LogP contribution in [0.15, 0.2) is 24.5 Å². The van der Waals surface area contributed by atoms with Crippen LogP contribution in [0, 0.1) is 15.9 Å². The van der Waals surface area contributed by atoms with Gasteiger partial charge in [0.2, 0.25) is 5.82 Å². The first-order valence-electron chi connectivity index (χ1n) is 4.71. The van der Waals surface area contributed by atoms with E-state index in [1.54, 1.807) is 0 Å². The highest BCUT2D eigenvalue weighted by Crippen LogP contribution is 2.32. The maximum absolute atomic E-state index is 13.0. The van der Waals surface area contributed by atoms with Gasteiger partial charge in [0.15, 0.2) is 5.69 Å². The summed E-state index contributed by atoms with van der Waals surface area (Å²) in [6.45, 7) is 0. The summed E-state index contributed by atoms with van der Waals surface area (Å²) in [5, 5.41) is 10.8. The normalized spacial score (nSPS) is 10.3. The molecule has 8 heteroatoms. The topological polar surface area (TPSA) is 94.9 Å². The van der Waals surface area contributed by atoms with E-state index in [1.165, 1.54) is 12.1 Å². The van der Waals surface area contributed by atoms with Crippen molar-refractivity contribution in [1.82, 2.24) is 9.97 Å². The quantitative estimate of drug-likeness (QED) is 0.666. The van der Waals surface area contributed by atoms with Crippen LogP contribution in [0.25, 0.3) is 11.3 Å². The van der Waals surface area contributed by atoms with E-state index in [0.717, 1.165) is 12.4 Å². The fourth-order valence-corrected chi connectivity index (χ4v) is 1.61. The Kier molecular flexibility index (Phi) is 3.07. The molecule has 0 aliphatic carbocycles. The van der Waals surface area contributed by atoms with Gasteiger partial charge in [0, 0.05) is 5.56 Å². The Bertz CT molecular complexity index is 635. The first kappa shape index (κ1) is 12.2. The van der Waals surface area contributed by atoms with E-state index in [0.29, 0.717) is 5.56 Å². The van der Waals surface area contributed by atoms with Gasteiger partial charge in [0.25, 0.3) is 0 Å². The lowest BCUT2D eigenvalue weighted by molar-refractivity contribution is -0.383. The third-order valence-corrected chi connectivity index (χ3v) is 2.52. The molecule has 0 amide bonds. The fraction of sp³-hybridized carbons (Fsp3) is 0. The zero-order valence-electron chi connectivity index (χ0n) is 8.80. The van der Waals surface area contributed by atoms with Gasteiger partial charge in [-0.05, 0) is 18.2 Å². The van der Waals surface area contributed by atoms with Crippen LogP contribution in [-0.4, -0.2) is 14.9 Å². The summed E-state index contributed by atoms with van der Waals surface area (Å²) in [7, 11) is 0. The van der Waals surface area contributed by atoms with Crippen molar-refractivity contribution in [1.29, 1.82) is 0 Å². The van der Waals surface area contributed by atoms with E-state index in [9.17, 15) is 14.5 Å². The van der Waals surface area contributed by atoms with Crippen molar-refractivity contribution in [2.75, 3.05) is 5.73 Å². The predicted molar refractivity (Wildman–Crippen MR) is 63.5 cm³/mol. The third kappa shape index (κ3) is 2.07. The first-order chi connectivity index (χ1) is 8.50.